The third kappa shape index (κ3) is 5.03. The summed E-state index contributed by atoms with van der Waals surface area (Å²) in [4.78, 5) is 48.5. The Morgan fingerprint density at radius 2 is 1.83 bits per heavy atom. The number of hydrogen-bond acceptors (Lipinski definition) is 10. The molecule has 0 fully saturated rings. The van der Waals surface area contributed by atoms with Crippen LogP contribution in [0.15, 0.2) is 30.5 Å². The monoisotopic (exact) mass is 493 g/mol. The molecule has 36 heavy (non-hydrogen) atoms. The molecule has 0 unspecified atom stereocenters. The Balaban J connectivity index is 1.52. The van der Waals surface area contributed by atoms with Crippen LogP contribution in [0.25, 0.3) is 11.0 Å². The molecule has 0 spiro atoms. The van der Waals surface area contributed by atoms with Gasteiger partial charge in [-0.3, -0.25) is 14.5 Å². The van der Waals surface area contributed by atoms with E-state index in [2.05, 4.69) is 35.6 Å². The van der Waals surface area contributed by atoms with E-state index in [-0.39, 0.29) is 30.3 Å². The van der Waals surface area contributed by atoms with Crippen LogP contribution < -0.4 is 22.1 Å². The van der Waals surface area contributed by atoms with E-state index < -0.39 is 23.8 Å². The predicted molar refractivity (Wildman–Crippen MR) is 127 cm³/mol. The second-order valence-corrected chi connectivity index (χ2v) is 7.95. The number of benzene rings is 1. The number of carboxylic acids is 1. The van der Waals surface area contributed by atoms with Crippen LogP contribution in [0.2, 0.25) is 0 Å². The van der Waals surface area contributed by atoms with E-state index in [9.17, 15) is 19.5 Å². The van der Waals surface area contributed by atoms with Crippen LogP contribution in [-0.4, -0.2) is 64.5 Å². The molecule has 0 saturated heterocycles. The zero-order valence-electron chi connectivity index (χ0n) is 18.9. The minimum atomic E-state index is -1.43. The summed E-state index contributed by atoms with van der Waals surface area (Å²) in [6.45, 7) is 0. The van der Waals surface area contributed by atoms with Crippen LogP contribution in [0.1, 0.15) is 34.3 Å². The highest BCUT2D eigenvalue weighted by Gasteiger charge is 2.34. The van der Waals surface area contributed by atoms with E-state index in [4.69, 9.17) is 17.2 Å². The number of rotatable bonds is 10. The Morgan fingerprint density at radius 1 is 1.08 bits per heavy atom. The highest BCUT2D eigenvalue weighted by Crippen LogP contribution is 2.24. The summed E-state index contributed by atoms with van der Waals surface area (Å²) in [5.74, 6) is -2.56. The van der Waals surface area contributed by atoms with Gasteiger partial charge in [-0.1, -0.05) is 17.2 Å². The van der Waals surface area contributed by atoms with Crippen LogP contribution in [-0.2, 0) is 22.4 Å². The Morgan fingerprint density at radius 3 is 2.47 bits per heavy atom. The number of aryl methyl sites for hydroxylation is 2. The first-order valence-electron chi connectivity index (χ1n) is 10.8. The maximum Gasteiger partial charge on any atom is 0.326 e. The van der Waals surface area contributed by atoms with E-state index in [0.717, 1.165) is 16.0 Å². The number of carbonyl (C=O) groups is 3. The Bertz CT molecular complexity index is 1400. The third-order valence-electron chi connectivity index (χ3n) is 5.57. The number of nitrogens with zero attached hydrogens (tertiary/aromatic N) is 6. The van der Waals surface area contributed by atoms with Gasteiger partial charge in [-0.05, 0) is 47.7 Å². The molecule has 3 heterocycles. The fourth-order valence-corrected chi connectivity index (χ4v) is 3.85. The topological polar surface area (TPSA) is 249 Å². The zero-order valence-corrected chi connectivity index (χ0v) is 18.9. The molecular weight excluding hydrogens is 470 g/mol. The number of hydrogen-bond donors (Lipinski definition) is 6. The molecular formula is C21H23N11O4. The summed E-state index contributed by atoms with van der Waals surface area (Å²) in [7, 11) is 0. The van der Waals surface area contributed by atoms with Gasteiger partial charge in [0, 0.05) is 18.2 Å². The number of nitrogen functional groups attached to an aromatic ring is 2. The molecule has 1 atom stereocenters. The number of aromatic nitrogens is 7. The van der Waals surface area contributed by atoms with Crippen molar-refractivity contribution < 1.29 is 19.5 Å². The van der Waals surface area contributed by atoms with Gasteiger partial charge in [0.05, 0.1) is 5.39 Å². The van der Waals surface area contributed by atoms with Crippen LogP contribution in [0, 0.1) is 0 Å². The van der Waals surface area contributed by atoms with Crippen molar-refractivity contribution in [2.45, 2.75) is 31.7 Å². The number of carboxylic acid groups (broad SMARTS) is 1. The van der Waals surface area contributed by atoms with Gasteiger partial charge < -0.3 is 27.3 Å². The molecule has 0 aliphatic rings. The lowest BCUT2D eigenvalue weighted by molar-refractivity contribution is -0.138. The number of aliphatic carboxylic acids is 1. The van der Waals surface area contributed by atoms with Gasteiger partial charge in [-0.15, -0.1) is 5.10 Å². The number of amides is 2. The maximum absolute atomic E-state index is 13.3. The summed E-state index contributed by atoms with van der Waals surface area (Å²) >= 11 is 0. The Hall–Kier alpha value is -5.08. The van der Waals surface area contributed by atoms with E-state index in [1.165, 1.54) is 0 Å². The molecule has 0 bridgehead atoms. The Kier molecular flexibility index (Phi) is 6.71. The standard InChI is InChI=1S/C21H23N11O4/c22-14(33)8-7-13(19(35)36)32(21-28-30-31-29-21)18(34)11-4-1-10(2-5-11)3-6-12-9-25-17-15(12)16(23)26-20(24)27-17/h1-2,4-5,9,13H,3,6-8H2,(H2,22,33)(H,35,36)(H,28,29,30,31)(H5,23,24,25,26,27)/t13-/m0/s1. The number of H-pyrrole nitrogens is 2. The molecule has 0 saturated carbocycles. The number of nitrogens with two attached hydrogens (primary N) is 3. The number of nitrogens with one attached hydrogen (secondary N) is 2. The van der Waals surface area contributed by atoms with E-state index in [1.807, 2.05) is 0 Å². The smallest absolute Gasteiger partial charge is 0.326 e. The molecule has 2 amide bonds. The van der Waals surface area contributed by atoms with E-state index in [1.54, 1.807) is 30.5 Å². The van der Waals surface area contributed by atoms with Crippen molar-refractivity contribution in [3.63, 3.8) is 0 Å². The lowest BCUT2D eigenvalue weighted by Gasteiger charge is -2.25. The number of primary amides is 1. The first-order chi connectivity index (χ1) is 17.2. The molecule has 0 radical (unpaired) electrons. The highest BCUT2D eigenvalue weighted by molar-refractivity contribution is 6.08. The van der Waals surface area contributed by atoms with Gasteiger partial charge in [0.25, 0.3) is 11.9 Å². The second kappa shape index (κ2) is 10.0. The molecule has 15 nitrogen and oxygen atoms in total. The van der Waals surface area contributed by atoms with E-state index in [0.29, 0.717) is 29.7 Å². The van der Waals surface area contributed by atoms with Crippen molar-refractivity contribution in [3.05, 3.63) is 47.2 Å². The Labute approximate surface area is 203 Å². The number of carbonyl (C=O) groups excluding carboxylic acids is 2. The van der Waals surface area contributed by atoms with Gasteiger partial charge in [0.15, 0.2) is 0 Å². The largest absolute Gasteiger partial charge is 0.480 e. The van der Waals surface area contributed by atoms with Crippen LogP contribution >= 0.6 is 0 Å². The minimum absolute atomic E-state index is 0.0864. The molecule has 3 aromatic heterocycles. The summed E-state index contributed by atoms with van der Waals surface area (Å²) in [5.41, 5.74) is 19.4. The van der Waals surface area contributed by atoms with Crippen LogP contribution in [0.3, 0.4) is 0 Å². The maximum atomic E-state index is 13.3. The van der Waals surface area contributed by atoms with Crippen molar-refractivity contribution in [3.8, 4) is 0 Å². The normalized spacial score (nSPS) is 11.9. The SMILES string of the molecule is NC(=O)CC[C@@H](C(=O)O)N(C(=O)c1ccc(CCc2c[nH]c3nc(N)nc(N)c23)cc1)c1nn[nH]n1. The number of aromatic amines is 2. The highest BCUT2D eigenvalue weighted by atomic mass is 16.4. The summed E-state index contributed by atoms with van der Waals surface area (Å²) < 4.78 is 0. The van der Waals surface area contributed by atoms with Crippen molar-refractivity contribution in [2.75, 3.05) is 16.4 Å². The molecule has 0 aliphatic heterocycles. The molecule has 0 aliphatic carbocycles. The zero-order chi connectivity index (χ0) is 25.8. The van der Waals surface area contributed by atoms with Crippen molar-refractivity contribution in [1.29, 1.82) is 0 Å². The molecule has 15 heteroatoms. The third-order valence-corrected chi connectivity index (χ3v) is 5.57. The van der Waals surface area contributed by atoms with Crippen molar-refractivity contribution >= 4 is 46.5 Å². The van der Waals surface area contributed by atoms with Crippen molar-refractivity contribution in [2.24, 2.45) is 5.73 Å². The average Bonchev–Trinajstić information content (AvgIpc) is 3.50. The molecule has 4 aromatic rings. The second-order valence-electron chi connectivity index (χ2n) is 7.95. The molecule has 9 N–H and O–H groups in total. The summed E-state index contributed by atoms with van der Waals surface area (Å²) in [6.07, 6.45) is 2.58. The van der Waals surface area contributed by atoms with Gasteiger partial charge >= 0.3 is 5.97 Å². The fraction of sp³-hybridized carbons (Fsp3) is 0.238. The molecule has 186 valence electrons. The number of fused-ring (bicyclic) bond motifs is 1. The quantitative estimate of drug-likeness (QED) is 0.168. The lowest BCUT2D eigenvalue weighted by Crippen LogP contribution is -2.46. The first-order valence-corrected chi connectivity index (χ1v) is 10.8. The predicted octanol–water partition coefficient (Wildman–Crippen LogP) is -0.214. The minimum Gasteiger partial charge on any atom is -0.480 e. The summed E-state index contributed by atoms with van der Waals surface area (Å²) in [5, 5.41) is 23.5. The molecule has 4 rings (SSSR count). The fourth-order valence-electron chi connectivity index (χ4n) is 3.85. The average molecular weight is 493 g/mol. The van der Waals surface area contributed by atoms with Crippen LogP contribution in [0.5, 0.6) is 0 Å². The van der Waals surface area contributed by atoms with Gasteiger partial charge in [-0.2, -0.15) is 15.2 Å². The van der Waals surface area contributed by atoms with Gasteiger partial charge in [0.1, 0.15) is 17.5 Å². The van der Waals surface area contributed by atoms with E-state index >= 15 is 0 Å². The first kappa shape index (κ1) is 24.1. The molecule has 1 aromatic carbocycles. The lowest BCUT2D eigenvalue weighted by atomic mass is 10.0. The summed E-state index contributed by atoms with van der Waals surface area (Å²) in [6, 6.07) is 5.24. The number of anilines is 3. The van der Waals surface area contributed by atoms with Crippen LogP contribution in [0.4, 0.5) is 17.7 Å². The number of tetrazole rings is 1. The van der Waals surface area contributed by atoms with Gasteiger partial charge in [-0.25, -0.2) is 4.79 Å². The van der Waals surface area contributed by atoms with Crippen molar-refractivity contribution in [1.82, 2.24) is 35.6 Å². The van der Waals surface area contributed by atoms with Gasteiger partial charge in [0.2, 0.25) is 11.9 Å².